The summed E-state index contributed by atoms with van der Waals surface area (Å²) in [6.45, 7) is 1.69. The third kappa shape index (κ3) is 2.16. The summed E-state index contributed by atoms with van der Waals surface area (Å²) in [5.41, 5.74) is 1.07. The van der Waals surface area contributed by atoms with Gasteiger partial charge in [-0.3, -0.25) is 0 Å². The number of carbonyl (C=O) groups is 1. The Morgan fingerprint density at radius 1 is 1.44 bits per heavy atom. The highest BCUT2D eigenvalue weighted by Crippen LogP contribution is 2.19. The summed E-state index contributed by atoms with van der Waals surface area (Å²) in [6.07, 6.45) is 1.47. The van der Waals surface area contributed by atoms with E-state index in [0.29, 0.717) is 0 Å². The van der Waals surface area contributed by atoms with Crippen molar-refractivity contribution in [2.45, 2.75) is 0 Å². The summed E-state index contributed by atoms with van der Waals surface area (Å²) in [4.78, 5) is 13.2. The molecule has 1 fully saturated rings. The van der Waals surface area contributed by atoms with Gasteiger partial charge >= 0.3 is 5.97 Å². The second-order valence-electron chi connectivity index (χ2n) is 3.47. The van der Waals surface area contributed by atoms with E-state index in [-0.39, 0.29) is 5.97 Å². The first-order valence-corrected chi connectivity index (χ1v) is 5.17. The first kappa shape index (κ1) is 10.5. The molecule has 0 radical (unpaired) electrons. The molecule has 1 heterocycles. The molecule has 1 saturated heterocycles. The van der Waals surface area contributed by atoms with E-state index in [1.165, 1.54) is 13.2 Å². The highest BCUT2D eigenvalue weighted by molar-refractivity contribution is 5.83. The van der Waals surface area contributed by atoms with Crippen molar-refractivity contribution < 1.29 is 9.53 Å². The molecule has 0 unspecified atom stereocenters. The largest absolute Gasteiger partial charge is 0.466 e. The monoisotopic (exact) mass is 218 g/mol. The summed E-state index contributed by atoms with van der Waals surface area (Å²) in [6, 6.07) is 9.94. The number of benzene rings is 1. The molecule has 0 amide bonds. The Labute approximate surface area is 94.5 Å². The number of carbonyl (C=O) groups excluding carboxylic acids is 1. The maximum atomic E-state index is 11.2. The van der Waals surface area contributed by atoms with Gasteiger partial charge in [0, 0.05) is 18.8 Å². The fourth-order valence-electron chi connectivity index (χ4n) is 1.69. The lowest BCUT2D eigenvalue weighted by Crippen LogP contribution is -2.20. The molecule has 2 rings (SSSR count). The van der Waals surface area contributed by atoms with Crippen LogP contribution < -0.4 is 10.2 Å². The van der Waals surface area contributed by atoms with Crippen molar-refractivity contribution in [2.24, 2.45) is 0 Å². The minimum absolute atomic E-state index is 0.342. The van der Waals surface area contributed by atoms with E-state index in [4.69, 9.17) is 0 Å². The van der Waals surface area contributed by atoms with Gasteiger partial charge in [0.05, 0.1) is 13.2 Å². The van der Waals surface area contributed by atoms with E-state index in [1.54, 1.807) is 0 Å². The summed E-state index contributed by atoms with van der Waals surface area (Å²) >= 11 is 0. The van der Waals surface area contributed by atoms with E-state index >= 15 is 0 Å². The Kier molecular flexibility index (Phi) is 3.10. The quantitative estimate of drug-likeness (QED) is 0.596. The van der Waals surface area contributed by atoms with Crippen LogP contribution in [0.25, 0.3) is 0 Å². The summed E-state index contributed by atoms with van der Waals surface area (Å²) in [7, 11) is 1.38. The highest BCUT2D eigenvalue weighted by Gasteiger charge is 2.18. The van der Waals surface area contributed by atoms with Gasteiger partial charge in [-0.05, 0) is 12.1 Å². The van der Waals surface area contributed by atoms with Crippen LogP contribution >= 0.6 is 0 Å². The lowest BCUT2D eigenvalue weighted by Gasteiger charge is -2.18. The molecule has 4 heteroatoms. The van der Waals surface area contributed by atoms with E-state index in [2.05, 4.69) is 15.0 Å². The van der Waals surface area contributed by atoms with Crippen LogP contribution in [-0.2, 0) is 9.53 Å². The maximum Gasteiger partial charge on any atom is 0.334 e. The zero-order valence-corrected chi connectivity index (χ0v) is 9.14. The minimum atomic E-state index is -0.342. The standard InChI is InChI=1S/C12H14N2O2/c1-16-12(15)9-11-13-7-8-14(11)10-5-3-2-4-6-10/h2-6,9,13H,7-8H2,1H3. The Morgan fingerprint density at radius 2 is 2.19 bits per heavy atom. The maximum absolute atomic E-state index is 11.2. The second-order valence-corrected chi connectivity index (χ2v) is 3.47. The van der Waals surface area contributed by atoms with Crippen molar-refractivity contribution in [3.63, 3.8) is 0 Å². The number of hydrogen-bond acceptors (Lipinski definition) is 4. The molecule has 16 heavy (non-hydrogen) atoms. The van der Waals surface area contributed by atoms with Crippen LogP contribution in [0.15, 0.2) is 42.2 Å². The van der Waals surface area contributed by atoms with Gasteiger partial charge in [-0.25, -0.2) is 4.79 Å². The molecule has 4 nitrogen and oxygen atoms in total. The summed E-state index contributed by atoms with van der Waals surface area (Å²) < 4.78 is 4.61. The zero-order chi connectivity index (χ0) is 11.4. The molecule has 0 aromatic heterocycles. The topological polar surface area (TPSA) is 41.6 Å². The molecule has 1 aliphatic rings. The number of esters is 1. The number of rotatable bonds is 2. The van der Waals surface area contributed by atoms with Crippen LogP contribution in [0.2, 0.25) is 0 Å². The predicted octanol–water partition coefficient (Wildman–Crippen LogP) is 1.11. The fourth-order valence-corrected chi connectivity index (χ4v) is 1.69. The molecule has 1 aromatic carbocycles. The van der Waals surface area contributed by atoms with Crippen molar-refractivity contribution in [3.8, 4) is 0 Å². The van der Waals surface area contributed by atoms with Crippen LogP contribution in [0.1, 0.15) is 0 Å². The molecular formula is C12H14N2O2. The molecule has 1 N–H and O–H groups in total. The van der Waals surface area contributed by atoms with Gasteiger partial charge in [0.25, 0.3) is 0 Å². The van der Waals surface area contributed by atoms with E-state index in [9.17, 15) is 4.79 Å². The number of anilines is 1. The number of para-hydroxylation sites is 1. The van der Waals surface area contributed by atoms with Gasteiger partial charge in [0.15, 0.2) is 0 Å². The first-order valence-electron chi connectivity index (χ1n) is 5.17. The van der Waals surface area contributed by atoms with Crippen LogP contribution in [0.3, 0.4) is 0 Å². The summed E-state index contributed by atoms with van der Waals surface area (Å²) in [5.74, 6) is 0.448. The smallest absolute Gasteiger partial charge is 0.334 e. The molecule has 84 valence electrons. The van der Waals surface area contributed by atoms with Gasteiger partial charge < -0.3 is 15.0 Å². The van der Waals surface area contributed by atoms with E-state index in [1.807, 2.05) is 30.3 Å². The van der Waals surface area contributed by atoms with Crippen molar-refractivity contribution >= 4 is 11.7 Å². The lowest BCUT2D eigenvalue weighted by atomic mass is 10.3. The molecule has 1 aliphatic heterocycles. The van der Waals surface area contributed by atoms with Gasteiger partial charge in [-0.2, -0.15) is 0 Å². The van der Waals surface area contributed by atoms with Gasteiger partial charge in [-0.1, -0.05) is 18.2 Å². The van der Waals surface area contributed by atoms with Crippen LogP contribution in [0, 0.1) is 0 Å². The Balaban J connectivity index is 2.22. The van der Waals surface area contributed by atoms with E-state index < -0.39 is 0 Å². The van der Waals surface area contributed by atoms with Gasteiger partial charge in [-0.15, -0.1) is 0 Å². The first-order chi connectivity index (χ1) is 7.81. The fraction of sp³-hybridized carbons (Fsp3) is 0.250. The van der Waals surface area contributed by atoms with Crippen LogP contribution in [0.5, 0.6) is 0 Å². The number of ether oxygens (including phenoxy) is 1. The molecule has 0 bridgehead atoms. The van der Waals surface area contributed by atoms with Crippen molar-refractivity contribution in [2.75, 3.05) is 25.1 Å². The van der Waals surface area contributed by atoms with Crippen LogP contribution in [-0.4, -0.2) is 26.2 Å². The molecule has 1 aromatic rings. The van der Waals surface area contributed by atoms with Gasteiger partial charge in [0.2, 0.25) is 0 Å². The zero-order valence-electron chi connectivity index (χ0n) is 9.14. The molecule has 0 aliphatic carbocycles. The van der Waals surface area contributed by atoms with Crippen molar-refractivity contribution in [1.29, 1.82) is 0 Å². The normalized spacial score (nSPS) is 17.3. The minimum Gasteiger partial charge on any atom is -0.466 e. The van der Waals surface area contributed by atoms with E-state index in [0.717, 1.165) is 24.6 Å². The third-order valence-electron chi connectivity index (χ3n) is 2.46. The molecular weight excluding hydrogens is 204 g/mol. The van der Waals surface area contributed by atoms with Gasteiger partial charge in [0.1, 0.15) is 5.82 Å². The molecule has 0 atom stereocenters. The third-order valence-corrected chi connectivity index (χ3v) is 2.46. The Bertz CT molecular complexity index is 401. The number of methoxy groups -OCH3 is 1. The number of hydrogen-bond donors (Lipinski definition) is 1. The Hall–Kier alpha value is -1.97. The highest BCUT2D eigenvalue weighted by atomic mass is 16.5. The number of nitrogens with zero attached hydrogens (tertiary/aromatic N) is 1. The van der Waals surface area contributed by atoms with Crippen molar-refractivity contribution in [1.82, 2.24) is 5.32 Å². The SMILES string of the molecule is COC(=O)C=C1NCCN1c1ccccc1. The Morgan fingerprint density at radius 3 is 2.88 bits per heavy atom. The molecule has 0 spiro atoms. The number of nitrogens with one attached hydrogen (secondary N) is 1. The van der Waals surface area contributed by atoms with Crippen LogP contribution in [0.4, 0.5) is 5.69 Å². The summed E-state index contributed by atoms with van der Waals surface area (Å²) in [5, 5.41) is 3.16. The van der Waals surface area contributed by atoms with Crippen molar-refractivity contribution in [3.05, 3.63) is 42.2 Å². The molecule has 0 saturated carbocycles. The second kappa shape index (κ2) is 4.70. The predicted molar refractivity (Wildman–Crippen MR) is 61.9 cm³/mol. The lowest BCUT2D eigenvalue weighted by molar-refractivity contribution is -0.134. The average Bonchev–Trinajstić information content (AvgIpc) is 2.78. The average molecular weight is 218 g/mol.